The fourth-order valence-electron chi connectivity index (χ4n) is 3.04. The summed E-state index contributed by atoms with van der Waals surface area (Å²) in [4.78, 5) is 23.1. The number of pyridine rings is 1. The molecular formula is C16H21N5OS. The molecule has 1 aliphatic heterocycles. The molecule has 1 aliphatic rings. The molecule has 0 saturated carbocycles. The Hall–Kier alpha value is -1.89. The second-order valence-corrected chi connectivity index (χ2v) is 6.84. The van der Waals surface area contributed by atoms with Crippen molar-refractivity contribution < 1.29 is 4.79 Å². The molecule has 1 fully saturated rings. The molecule has 0 aromatic carbocycles. The van der Waals surface area contributed by atoms with Crippen molar-refractivity contribution in [1.82, 2.24) is 25.1 Å². The van der Waals surface area contributed by atoms with Crippen LogP contribution in [0.1, 0.15) is 33.1 Å². The number of carbonyl (C=O) groups excluding carboxylic acids is 1. The van der Waals surface area contributed by atoms with Gasteiger partial charge < -0.3 is 4.90 Å². The zero-order valence-electron chi connectivity index (χ0n) is 13.4. The van der Waals surface area contributed by atoms with Gasteiger partial charge in [-0.1, -0.05) is 17.8 Å². The second kappa shape index (κ2) is 7.12. The Morgan fingerprint density at radius 1 is 1.35 bits per heavy atom. The van der Waals surface area contributed by atoms with Crippen molar-refractivity contribution in [3.05, 3.63) is 24.4 Å². The third kappa shape index (κ3) is 3.72. The fraction of sp³-hybridized carbons (Fsp3) is 0.500. The lowest BCUT2D eigenvalue weighted by molar-refractivity contribution is -0.134. The lowest BCUT2D eigenvalue weighted by atomic mass is 9.98. The monoisotopic (exact) mass is 331 g/mol. The Bertz CT molecular complexity index is 650. The number of piperidine rings is 1. The number of rotatable bonds is 4. The minimum Gasteiger partial charge on any atom is -0.337 e. The second-order valence-electron chi connectivity index (χ2n) is 5.90. The van der Waals surface area contributed by atoms with E-state index in [1.807, 2.05) is 23.1 Å². The van der Waals surface area contributed by atoms with Crippen molar-refractivity contribution in [2.24, 2.45) is 0 Å². The largest absolute Gasteiger partial charge is 0.337 e. The Morgan fingerprint density at radius 2 is 2.13 bits per heavy atom. The molecule has 23 heavy (non-hydrogen) atoms. The number of H-pyrrole nitrogens is 1. The molecule has 7 heteroatoms. The van der Waals surface area contributed by atoms with Crippen molar-refractivity contribution in [2.45, 2.75) is 50.4 Å². The minimum atomic E-state index is 0.166. The smallest absolute Gasteiger partial charge is 0.233 e. The molecule has 0 radical (unpaired) electrons. The molecule has 0 aliphatic carbocycles. The first kappa shape index (κ1) is 16.0. The maximum Gasteiger partial charge on any atom is 0.233 e. The van der Waals surface area contributed by atoms with Crippen LogP contribution >= 0.6 is 11.8 Å². The number of aromatic nitrogens is 4. The average molecular weight is 331 g/mol. The van der Waals surface area contributed by atoms with Crippen molar-refractivity contribution in [1.29, 1.82) is 0 Å². The van der Waals surface area contributed by atoms with Crippen LogP contribution in [0.4, 0.5) is 0 Å². The molecule has 0 bridgehead atoms. The first-order chi connectivity index (χ1) is 11.1. The molecular weight excluding hydrogens is 310 g/mol. The predicted octanol–water partition coefficient (Wildman–Crippen LogP) is 2.75. The summed E-state index contributed by atoms with van der Waals surface area (Å²) in [7, 11) is 0. The number of likely N-dealkylation sites (tertiary alicyclic amines) is 1. The predicted molar refractivity (Wildman–Crippen MR) is 90.0 cm³/mol. The highest BCUT2D eigenvalue weighted by Gasteiger charge is 2.28. The molecule has 1 N–H and O–H groups in total. The number of nitrogens with zero attached hydrogens (tertiary/aromatic N) is 4. The highest BCUT2D eigenvalue weighted by Crippen LogP contribution is 2.24. The van der Waals surface area contributed by atoms with Crippen molar-refractivity contribution >= 4 is 17.7 Å². The topological polar surface area (TPSA) is 74.8 Å². The van der Waals surface area contributed by atoms with Gasteiger partial charge in [-0.05, 0) is 45.2 Å². The van der Waals surface area contributed by atoms with E-state index >= 15 is 0 Å². The van der Waals surface area contributed by atoms with Gasteiger partial charge in [-0.3, -0.25) is 14.9 Å². The quantitative estimate of drug-likeness (QED) is 0.872. The van der Waals surface area contributed by atoms with E-state index in [1.54, 1.807) is 6.20 Å². The molecule has 2 atom stereocenters. The van der Waals surface area contributed by atoms with Gasteiger partial charge in [0.1, 0.15) is 5.69 Å². The van der Waals surface area contributed by atoms with Gasteiger partial charge >= 0.3 is 0 Å². The standard InChI is InChI=1S/C16H21N5OS/c1-11-6-5-7-12(2)21(11)14(22)10-23-16-18-15(19-20-16)13-8-3-4-9-17-13/h3-4,8-9,11-12H,5-7,10H2,1-2H3,(H,18,19,20)/t11-,12-/m0/s1. The van der Waals surface area contributed by atoms with Crippen LogP contribution < -0.4 is 0 Å². The zero-order valence-corrected chi connectivity index (χ0v) is 14.2. The summed E-state index contributed by atoms with van der Waals surface area (Å²) in [5.74, 6) is 1.16. The SMILES string of the molecule is C[C@H]1CCC[C@H](C)N1C(=O)CSc1n[nH]c(-c2ccccn2)n1. The average Bonchev–Trinajstić information content (AvgIpc) is 3.02. The van der Waals surface area contributed by atoms with Crippen LogP contribution in [0.5, 0.6) is 0 Å². The van der Waals surface area contributed by atoms with E-state index in [4.69, 9.17) is 0 Å². The highest BCUT2D eigenvalue weighted by molar-refractivity contribution is 7.99. The number of thioether (sulfide) groups is 1. The van der Waals surface area contributed by atoms with Crippen LogP contribution in [0, 0.1) is 0 Å². The number of carbonyl (C=O) groups is 1. The molecule has 122 valence electrons. The van der Waals surface area contributed by atoms with Crippen molar-refractivity contribution in [3.63, 3.8) is 0 Å². The van der Waals surface area contributed by atoms with E-state index in [-0.39, 0.29) is 5.91 Å². The molecule has 1 amide bonds. The minimum absolute atomic E-state index is 0.166. The Balaban J connectivity index is 1.60. The molecule has 2 aromatic rings. The van der Waals surface area contributed by atoms with Gasteiger partial charge in [0.05, 0.1) is 5.75 Å². The Kier molecular flexibility index (Phi) is 4.95. The lowest BCUT2D eigenvalue weighted by Gasteiger charge is -2.39. The van der Waals surface area contributed by atoms with Crippen LogP contribution in [0.3, 0.4) is 0 Å². The van der Waals surface area contributed by atoms with E-state index in [1.165, 1.54) is 18.2 Å². The van der Waals surface area contributed by atoms with E-state index < -0.39 is 0 Å². The number of hydrogen-bond donors (Lipinski definition) is 1. The summed E-state index contributed by atoms with van der Waals surface area (Å²) in [6, 6.07) is 6.28. The first-order valence-electron chi connectivity index (χ1n) is 7.93. The van der Waals surface area contributed by atoms with Gasteiger partial charge in [-0.2, -0.15) is 4.98 Å². The van der Waals surface area contributed by atoms with Gasteiger partial charge in [0.25, 0.3) is 0 Å². The summed E-state index contributed by atoms with van der Waals surface area (Å²) < 4.78 is 0. The summed E-state index contributed by atoms with van der Waals surface area (Å²) in [5, 5.41) is 7.62. The van der Waals surface area contributed by atoms with Crippen LogP contribution in [0.2, 0.25) is 0 Å². The summed E-state index contributed by atoms with van der Waals surface area (Å²) in [6.45, 7) is 4.26. The highest BCUT2D eigenvalue weighted by atomic mass is 32.2. The first-order valence-corrected chi connectivity index (χ1v) is 8.91. The van der Waals surface area contributed by atoms with Gasteiger partial charge in [0.15, 0.2) is 5.82 Å². The van der Waals surface area contributed by atoms with E-state index in [9.17, 15) is 4.79 Å². The van der Waals surface area contributed by atoms with E-state index in [0.29, 0.717) is 28.8 Å². The molecule has 1 saturated heterocycles. The number of amides is 1. The van der Waals surface area contributed by atoms with Gasteiger partial charge in [0, 0.05) is 18.3 Å². The fourth-order valence-corrected chi connectivity index (χ4v) is 3.71. The molecule has 6 nitrogen and oxygen atoms in total. The van der Waals surface area contributed by atoms with E-state index in [2.05, 4.69) is 34.0 Å². The van der Waals surface area contributed by atoms with Crippen molar-refractivity contribution in [3.8, 4) is 11.5 Å². The normalized spacial score (nSPS) is 21.4. The lowest BCUT2D eigenvalue weighted by Crippen LogP contribution is -2.48. The third-order valence-electron chi connectivity index (χ3n) is 4.18. The zero-order chi connectivity index (χ0) is 16.2. The molecule has 2 aromatic heterocycles. The number of aromatic amines is 1. The van der Waals surface area contributed by atoms with Gasteiger partial charge in [-0.25, -0.2) is 0 Å². The van der Waals surface area contributed by atoms with Gasteiger partial charge in [0.2, 0.25) is 11.1 Å². The van der Waals surface area contributed by atoms with Crippen LogP contribution in [0.25, 0.3) is 11.5 Å². The summed E-state index contributed by atoms with van der Waals surface area (Å²) in [6.07, 6.45) is 5.09. The van der Waals surface area contributed by atoms with Crippen LogP contribution in [-0.2, 0) is 4.79 Å². The van der Waals surface area contributed by atoms with Crippen molar-refractivity contribution in [2.75, 3.05) is 5.75 Å². The Labute approximate surface area is 140 Å². The van der Waals surface area contributed by atoms with Gasteiger partial charge in [-0.15, -0.1) is 5.10 Å². The summed E-state index contributed by atoms with van der Waals surface area (Å²) >= 11 is 1.37. The summed E-state index contributed by atoms with van der Waals surface area (Å²) in [5.41, 5.74) is 0.747. The van der Waals surface area contributed by atoms with Crippen LogP contribution in [-0.4, -0.2) is 48.8 Å². The Morgan fingerprint density at radius 3 is 2.83 bits per heavy atom. The maximum absolute atomic E-state index is 12.5. The molecule has 0 spiro atoms. The van der Waals surface area contributed by atoms with E-state index in [0.717, 1.165) is 18.5 Å². The maximum atomic E-state index is 12.5. The number of hydrogen-bond acceptors (Lipinski definition) is 5. The van der Waals surface area contributed by atoms with Crippen LogP contribution in [0.15, 0.2) is 29.6 Å². The third-order valence-corrected chi connectivity index (χ3v) is 5.01. The molecule has 3 heterocycles. The molecule has 3 rings (SSSR count). The number of nitrogens with one attached hydrogen (secondary N) is 1. The molecule has 0 unspecified atom stereocenters.